The summed E-state index contributed by atoms with van der Waals surface area (Å²) in [5.74, 6) is 2.65. The number of benzene rings is 6. The van der Waals surface area contributed by atoms with Gasteiger partial charge in [-0.15, -0.1) is 0 Å². The van der Waals surface area contributed by atoms with Gasteiger partial charge in [0.1, 0.15) is 34.5 Å². The summed E-state index contributed by atoms with van der Waals surface area (Å²) in [6.07, 6.45) is 0. The topological polar surface area (TPSA) is 72.5 Å². The highest BCUT2D eigenvalue weighted by Crippen LogP contribution is 2.99. The monoisotopic (exact) mass is 974 g/mol. The molecule has 0 bridgehead atoms. The minimum Gasteiger partial charge on any atom is -0.428 e. The summed E-state index contributed by atoms with van der Waals surface area (Å²) in [5.41, 5.74) is -4.87. The molecule has 0 fully saturated rings. The lowest BCUT2D eigenvalue weighted by Crippen LogP contribution is -2.01. The van der Waals surface area contributed by atoms with E-state index in [0.29, 0.717) is 34.5 Å². The first-order valence-corrected chi connectivity index (χ1v) is 33.8. The molecule has 0 aliphatic rings. The van der Waals surface area contributed by atoms with E-state index in [1.165, 1.54) is 0 Å². The highest BCUT2D eigenvalue weighted by Gasteiger charge is 2.49. The predicted octanol–water partition coefficient (Wildman–Crippen LogP) is 16.3. The lowest BCUT2D eigenvalue weighted by atomic mass is 10.2. The summed E-state index contributed by atoms with van der Waals surface area (Å²) in [5, 5.41) is 0. The smallest absolute Gasteiger partial charge is 0.357 e. The van der Waals surface area contributed by atoms with E-state index in [1.807, 2.05) is 114 Å². The Bertz CT molecular complexity index is 2100. The van der Waals surface area contributed by atoms with Gasteiger partial charge in [-0.25, -0.2) is 0 Å². The van der Waals surface area contributed by atoms with Gasteiger partial charge < -0.3 is 27.1 Å². The number of rotatable bonds is 18. The first-order valence-electron chi connectivity index (χ1n) is 18.1. The van der Waals surface area contributed by atoms with Crippen molar-refractivity contribution in [1.82, 2.24) is 0 Å². The van der Waals surface area contributed by atoms with Crippen LogP contribution in [-0.4, -0.2) is 0 Å². The number of hydrogen-bond donors (Lipinski definition) is 0. The van der Waals surface area contributed by atoms with Crippen LogP contribution in [0, 0.1) is 41.5 Å². The van der Waals surface area contributed by atoms with Gasteiger partial charge in [0.2, 0.25) is 0 Å². The van der Waals surface area contributed by atoms with Crippen LogP contribution < -0.4 is 27.1 Å². The molecule has 0 unspecified atom stereocenters. The molecule has 0 atom stereocenters. The molecule has 308 valence electrons. The Morgan fingerprint density at radius 3 is 0.576 bits per heavy atom. The van der Waals surface area contributed by atoms with Crippen molar-refractivity contribution in [3.05, 3.63) is 179 Å². The average Bonchev–Trinajstić information content (AvgIpc) is 3.17. The summed E-state index contributed by atoms with van der Waals surface area (Å²) >= 11 is 21.7. The van der Waals surface area contributed by atoms with Crippen LogP contribution in [0.4, 0.5) is 0 Å². The first kappa shape index (κ1) is 45.9. The molecule has 0 saturated heterocycles. The highest BCUT2D eigenvalue weighted by atomic mass is 33.7. The van der Waals surface area contributed by atoms with E-state index < -0.39 is 21.8 Å². The largest absolute Gasteiger partial charge is 0.428 e. The summed E-state index contributed by atoms with van der Waals surface area (Å²) < 4.78 is 51.9. The van der Waals surface area contributed by atoms with E-state index in [2.05, 4.69) is 0 Å². The Kier molecular flexibility index (Phi) is 15.6. The molecular weight excluding hydrogens is 933 g/mol. The van der Waals surface area contributed by atoms with Crippen LogP contribution in [0.2, 0.25) is 0 Å². The standard InChI is InChI=1S/C42H42O7P4S6/c1-31-7-19-37(20-8-31)44-51(54,45-38-21-9-32(2)10-22-38)57-50(43,58-52(55,46-39-23-11-33(3)12-24-39)47-40-25-13-34(4)14-26-40)59-53(56,48-41-27-15-35(5)16-28-41)49-42-29-17-36(6)18-30-42/h7-30H,1-6H3. The Balaban J connectivity index is 1.50. The molecule has 0 aliphatic carbocycles. The zero-order chi connectivity index (χ0) is 42.3. The molecule has 7 nitrogen and oxygen atoms in total. The van der Waals surface area contributed by atoms with Gasteiger partial charge in [0.05, 0.1) is 0 Å². The van der Waals surface area contributed by atoms with Crippen LogP contribution >= 0.6 is 54.8 Å². The fraction of sp³-hybridized carbons (Fsp3) is 0.143. The number of hydrogen-bond acceptors (Lipinski definition) is 13. The third-order valence-corrected chi connectivity index (χ3v) is 45.1. The van der Waals surface area contributed by atoms with Crippen molar-refractivity contribution < 1.29 is 31.7 Å². The zero-order valence-electron chi connectivity index (χ0n) is 33.0. The van der Waals surface area contributed by atoms with Gasteiger partial charge in [-0.2, -0.15) is 0 Å². The van der Waals surface area contributed by atoms with Gasteiger partial charge in [-0.1, -0.05) is 106 Å². The van der Waals surface area contributed by atoms with Gasteiger partial charge in [0, 0.05) is 68.4 Å². The Labute approximate surface area is 374 Å². The van der Waals surface area contributed by atoms with Crippen LogP contribution in [0.15, 0.2) is 146 Å². The Hall–Kier alpha value is -2.65. The molecular formula is C42H42O7P4S6. The molecule has 0 aliphatic heterocycles. The van der Waals surface area contributed by atoms with Gasteiger partial charge >= 0.3 is 17.1 Å². The molecule has 17 heteroatoms. The second-order valence-electron chi connectivity index (χ2n) is 13.5. The Morgan fingerprint density at radius 1 is 0.305 bits per heavy atom. The van der Waals surface area contributed by atoms with Gasteiger partial charge in [-0.05, 0) is 114 Å². The van der Waals surface area contributed by atoms with Gasteiger partial charge in [0.15, 0.2) is 0 Å². The van der Waals surface area contributed by atoms with Gasteiger partial charge in [-0.3, -0.25) is 4.57 Å². The van der Waals surface area contributed by atoms with Crippen molar-refractivity contribution in [2.75, 3.05) is 0 Å². The van der Waals surface area contributed by atoms with Crippen molar-refractivity contribution in [1.29, 1.82) is 0 Å². The molecule has 0 aromatic heterocycles. The minimum absolute atomic E-state index is 0.442. The summed E-state index contributed by atoms with van der Waals surface area (Å²) in [7, 11) is 0. The average molecular weight is 975 g/mol. The fourth-order valence-corrected chi connectivity index (χ4v) is 62.1. The van der Waals surface area contributed by atoms with E-state index in [4.69, 9.17) is 62.6 Å². The fourth-order valence-electron chi connectivity index (χ4n) is 4.94. The maximum atomic E-state index is 16.4. The van der Waals surface area contributed by atoms with Crippen LogP contribution in [0.5, 0.6) is 34.5 Å². The third kappa shape index (κ3) is 14.2. The van der Waals surface area contributed by atoms with Crippen molar-refractivity contribution in [3.63, 3.8) is 0 Å². The molecule has 6 rings (SSSR count). The molecule has 0 amide bonds. The molecule has 0 radical (unpaired) electrons. The molecule has 0 spiro atoms. The van der Waals surface area contributed by atoms with Crippen molar-refractivity contribution >= 4 is 90.3 Å². The van der Waals surface area contributed by atoms with Crippen molar-refractivity contribution in [2.24, 2.45) is 0 Å². The van der Waals surface area contributed by atoms with Crippen molar-refractivity contribution in [3.8, 4) is 34.5 Å². The summed E-state index contributed by atoms with van der Waals surface area (Å²) in [6.45, 7) is 11.9. The van der Waals surface area contributed by atoms with E-state index in [9.17, 15) is 0 Å². The predicted molar refractivity (Wildman–Crippen MR) is 264 cm³/mol. The van der Waals surface area contributed by atoms with Crippen molar-refractivity contribution in [2.45, 2.75) is 41.5 Å². The van der Waals surface area contributed by atoms with E-state index in [1.54, 1.807) is 72.8 Å². The molecule has 0 saturated carbocycles. The van der Waals surface area contributed by atoms with Crippen LogP contribution in [0.1, 0.15) is 33.4 Å². The quantitative estimate of drug-likeness (QED) is 0.0768. The normalized spacial score (nSPS) is 12.0. The zero-order valence-corrected chi connectivity index (χ0v) is 41.4. The molecule has 6 aromatic rings. The lowest BCUT2D eigenvalue weighted by molar-refractivity contribution is 0.506. The second-order valence-corrected chi connectivity index (χ2v) is 41.9. The SMILES string of the molecule is Cc1ccc(OP(=S)(Oc2ccc(C)cc2)SP(=O)(SP(=S)(Oc2ccc(C)cc2)Oc2ccc(C)cc2)SP(=S)(Oc2ccc(C)cc2)Oc2ccc(C)cc2)cc1. The summed E-state index contributed by atoms with van der Waals surface area (Å²) in [6, 6.07) is 44.5. The summed E-state index contributed by atoms with van der Waals surface area (Å²) in [4.78, 5) is 0. The van der Waals surface area contributed by atoms with Crippen LogP contribution in [0.3, 0.4) is 0 Å². The Morgan fingerprint density at radius 2 is 0.441 bits per heavy atom. The van der Waals surface area contributed by atoms with E-state index in [-0.39, 0.29) is 0 Å². The minimum atomic E-state index is -4.13. The van der Waals surface area contributed by atoms with E-state index in [0.717, 1.165) is 66.4 Å². The van der Waals surface area contributed by atoms with E-state index >= 15 is 4.57 Å². The molecule has 0 heterocycles. The number of aryl methyl sites for hydroxylation is 6. The highest BCUT2D eigenvalue weighted by molar-refractivity contribution is 9.37. The first-order chi connectivity index (χ1) is 28.0. The second kappa shape index (κ2) is 20.0. The molecule has 59 heavy (non-hydrogen) atoms. The van der Waals surface area contributed by atoms with Crippen LogP contribution in [-0.2, 0) is 40.0 Å². The maximum absolute atomic E-state index is 16.4. The lowest BCUT2D eigenvalue weighted by Gasteiger charge is -2.31. The molecule has 6 aromatic carbocycles. The van der Waals surface area contributed by atoms with Gasteiger partial charge in [0.25, 0.3) is 4.75 Å². The maximum Gasteiger partial charge on any atom is 0.357 e. The third-order valence-electron chi connectivity index (χ3n) is 8.03. The van der Waals surface area contributed by atoms with Crippen LogP contribution in [0.25, 0.3) is 0 Å². The molecule has 0 N–H and O–H groups in total.